The van der Waals surface area contributed by atoms with Gasteiger partial charge in [-0.2, -0.15) is 11.8 Å². The number of thioether (sulfide) groups is 1. The number of likely N-dealkylation sites (tertiary alicyclic amines) is 2. The maximum Gasteiger partial charge on any atom is 0.193 e. The van der Waals surface area contributed by atoms with Gasteiger partial charge in [0.1, 0.15) is 0 Å². The van der Waals surface area contributed by atoms with Gasteiger partial charge in [0.25, 0.3) is 0 Å². The fraction of sp³-hybridized carbons (Fsp3) is 0.938. The molecule has 3 rings (SSSR count). The lowest BCUT2D eigenvalue weighted by Gasteiger charge is -2.27. The van der Waals surface area contributed by atoms with Gasteiger partial charge in [-0.3, -0.25) is 4.99 Å². The maximum absolute atomic E-state index is 10.5. The van der Waals surface area contributed by atoms with E-state index in [-0.39, 0.29) is 0 Å². The molecule has 0 saturated carbocycles. The first kappa shape index (κ1) is 16.4. The van der Waals surface area contributed by atoms with Crippen LogP contribution in [-0.2, 0) is 0 Å². The van der Waals surface area contributed by atoms with Crippen molar-refractivity contribution in [2.24, 2.45) is 10.9 Å². The Bertz CT molecular complexity index is 392. The topological polar surface area (TPSA) is 51.1 Å². The highest BCUT2D eigenvalue weighted by atomic mass is 32.2. The van der Waals surface area contributed by atoms with E-state index >= 15 is 0 Å². The molecule has 0 aliphatic carbocycles. The van der Waals surface area contributed by atoms with E-state index in [0.29, 0.717) is 6.54 Å². The molecular formula is C16H30N4OS. The van der Waals surface area contributed by atoms with Crippen LogP contribution in [0.1, 0.15) is 25.7 Å². The highest BCUT2D eigenvalue weighted by molar-refractivity contribution is 7.99. The monoisotopic (exact) mass is 326 g/mol. The number of nitrogens with zero attached hydrogens (tertiary/aromatic N) is 3. The maximum atomic E-state index is 10.5. The zero-order valence-electron chi connectivity index (χ0n) is 13.8. The molecule has 3 fully saturated rings. The van der Waals surface area contributed by atoms with Crippen LogP contribution in [0.5, 0.6) is 0 Å². The first-order valence-corrected chi connectivity index (χ1v) is 9.82. The van der Waals surface area contributed by atoms with Crippen LogP contribution in [0.15, 0.2) is 4.99 Å². The highest BCUT2D eigenvalue weighted by Gasteiger charge is 2.33. The highest BCUT2D eigenvalue weighted by Crippen LogP contribution is 2.27. The molecule has 2 atom stereocenters. The number of rotatable bonds is 4. The Hall–Kier alpha value is -0.460. The minimum Gasteiger partial charge on any atom is -0.387 e. The Morgan fingerprint density at radius 1 is 1.36 bits per heavy atom. The van der Waals surface area contributed by atoms with Crippen molar-refractivity contribution in [2.75, 3.05) is 57.8 Å². The minimum absolute atomic E-state index is 0.546. The van der Waals surface area contributed by atoms with Gasteiger partial charge in [-0.25, -0.2) is 0 Å². The van der Waals surface area contributed by atoms with Crippen LogP contribution in [0.2, 0.25) is 0 Å². The van der Waals surface area contributed by atoms with Crippen LogP contribution < -0.4 is 5.32 Å². The molecule has 3 saturated heterocycles. The minimum atomic E-state index is -0.546. The van der Waals surface area contributed by atoms with E-state index in [0.717, 1.165) is 42.9 Å². The summed E-state index contributed by atoms with van der Waals surface area (Å²) >= 11 is 1.84. The molecule has 2 N–H and O–H groups in total. The fourth-order valence-electron chi connectivity index (χ4n) is 3.82. The third-order valence-corrected chi connectivity index (χ3v) is 6.40. The van der Waals surface area contributed by atoms with Gasteiger partial charge in [-0.15, -0.1) is 0 Å². The number of nitrogens with one attached hydrogen (secondary N) is 1. The first-order valence-electron chi connectivity index (χ1n) is 8.67. The predicted molar refractivity (Wildman–Crippen MR) is 93.6 cm³/mol. The van der Waals surface area contributed by atoms with E-state index in [1.807, 2.05) is 18.8 Å². The standard InChI is InChI=1S/C16H30N4OS/c1-17-15(18-12-16(21)5-9-22-13-16)20-8-4-14(11-20)10-19-6-2-3-7-19/h14,21H,2-13H2,1H3,(H,17,18). The van der Waals surface area contributed by atoms with Gasteiger partial charge in [0.15, 0.2) is 5.96 Å². The first-order chi connectivity index (χ1) is 10.7. The van der Waals surface area contributed by atoms with Crippen molar-refractivity contribution < 1.29 is 5.11 Å². The van der Waals surface area contributed by atoms with Crippen molar-refractivity contribution in [1.82, 2.24) is 15.1 Å². The van der Waals surface area contributed by atoms with Gasteiger partial charge in [-0.05, 0) is 50.4 Å². The van der Waals surface area contributed by atoms with Crippen molar-refractivity contribution in [3.63, 3.8) is 0 Å². The number of hydrogen-bond donors (Lipinski definition) is 2. The Morgan fingerprint density at radius 2 is 2.18 bits per heavy atom. The lowest BCUT2D eigenvalue weighted by atomic mass is 10.0. The van der Waals surface area contributed by atoms with Crippen molar-refractivity contribution in [3.8, 4) is 0 Å². The van der Waals surface area contributed by atoms with Gasteiger partial charge in [0.2, 0.25) is 0 Å². The Balaban J connectivity index is 1.45. The van der Waals surface area contributed by atoms with E-state index in [4.69, 9.17) is 0 Å². The van der Waals surface area contributed by atoms with Crippen LogP contribution in [0.4, 0.5) is 0 Å². The third-order valence-electron chi connectivity index (χ3n) is 5.17. The summed E-state index contributed by atoms with van der Waals surface area (Å²) in [6.45, 7) is 6.63. The smallest absolute Gasteiger partial charge is 0.193 e. The van der Waals surface area contributed by atoms with E-state index in [9.17, 15) is 5.11 Å². The van der Waals surface area contributed by atoms with Crippen molar-refractivity contribution in [2.45, 2.75) is 31.3 Å². The van der Waals surface area contributed by atoms with Crippen LogP contribution in [0.25, 0.3) is 0 Å². The van der Waals surface area contributed by atoms with Crippen LogP contribution >= 0.6 is 11.8 Å². The molecule has 126 valence electrons. The molecule has 0 spiro atoms. The van der Waals surface area contributed by atoms with Crippen LogP contribution in [-0.4, -0.2) is 84.3 Å². The molecule has 3 aliphatic heterocycles. The van der Waals surface area contributed by atoms with Crippen LogP contribution in [0.3, 0.4) is 0 Å². The molecule has 22 heavy (non-hydrogen) atoms. The molecule has 2 unspecified atom stereocenters. The number of aliphatic imine (C=N–C) groups is 1. The number of guanidine groups is 1. The fourth-order valence-corrected chi connectivity index (χ4v) is 5.11. The quantitative estimate of drug-likeness (QED) is 0.592. The lowest BCUT2D eigenvalue weighted by Crippen LogP contribution is -2.48. The summed E-state index contributed by atoms with van der Waals surface area (Å²) in [7, 11) is 1.85. The van der Waals surface area contributed by atoms with E-state index in [1.165, 1.54) is 38.9 Å². The van der Waals surface area contributed by atoms with Gasteiger partial charge >= 0.3 is 0 Å². The largest absolute Gasteiger partial charge is 0.387 e. The molecule has 3 heterocycles. The molecule has 0 aromatic heterocycles. The van der Waals surface area contributed by atoms with Gasteiger partial charge in [-0.1, -0.05) is 0 Å². The van der Waals surface area contributed by atoms with Crippen LogP contribution in [0, 0.1) is 5.92 Å². The van der Waals surface area contributed by atoms with E-state index in [1.54, 1.807) is 0 Å². The second kappa shape index (κ2) is 7.41. The Morgan fingerprint density at radius 3 is 2.86 bits per heavy atom. The van der Waals surface area contributed by atoms with Crippen molar-refractivity contribution >= 4 is 17.7 Å². The molecule has 0 amide bonds. The van der Waals surface area contributed by atoms with Gasteiger partial charge in [0.05, 0.1) is 5.60 Å². The second-order valence-corrected chi connectivity index (χ2v) is 8.14. The summed E-state index contributed by atoms with van der Waals surface area (Å²) < 4.78 is 0. The molecule has 0 radical (unpaired) electrons. The zero-order valence-corrected chi connectivity index (χ0v) is 14.6. The molecule has 5 nitrogen and oxygen atoms in total. The molecule has 0 aromatic rings. The number of aliphatic hydroxyl groups is 1. The van der Waals surface area contributed by atoms with Crippen molar-refractivity contribution in [1.29, 1.82) is 0 Å². The predicted octanol–water partition coefficient (Wildman–Crippen LogP) is 0.848. The van der Waals surface area contributed by atoms with Crippen molar-refractivity contribution in [3.05, 3.63) is 0 Å². The zero-order chi connectivity index (χ0) is 15.4. The van der Waals surface area contributed by atoms with Gasteiger partial charge < -0.3 is 20.2 Å². The molecule has 3 aliphatic rings. The summed E-state index contributed by atoms with van der Waals surface area (Å²) in [6.07, 6.45) is 4.89. The summed E-state index contributed by atoms with van der Waals surface area (Å²) in [6, 6.07) is 0. The number of hydrogen-bond acceptors (Lipinski definition) is 4. The normalized spacial score (nSPS) is 33.8. The summed E-state index contributed by atoms with van der Waals surface area (Å²) in [4.78, 5) is 9.41. The Labute approximate surface area is 138 Å². The summed E-state index contributed by atoms with van der Waals surface area (Å²) in [5.41, 5.74) is -0.546. The summed E-state index contributed by atoms with van der Waals surface area (Å²) in [5.74, 6) is 3.64. The Kier molecular flexibility index (Phi) is 5.52. The molecule has 0 aromatic carbocycles. The average molecular weight is 327 g/mol. The molecule has 0 bridgehead atoms. The van der Waals surface area contributed by atoms with E-state index in [2.05, 4.69) is 20.1 Å². The SMILES string of the molecule is CN=C(NCC1(O)CCSC1)N1CCC(CN2CCCC2)C1. The van der Waals surface area contributed by atoms with E-state index < -0.39 is 5.60 Å². The third kappa shape index (κ3) is 4.09. The second-order valence-electron chi connectivity index (χ2n) is 7.04. The van der Waals surface area contributed by atoms with Gasteiger partial charge in [0, 0.05) is 39.0 Å². The molecule has 6 heteroatoms. The molecular weight excluding hydrogens is 296 g/mol. The average Bonchev–Trinajstić information content (AvgIpc) is 3.24. The lowest BCUT2D eigenvalue weighted by molar-refractivity contribution is 0.0718. The summed E-state index contributed by atoms with van der Waals surface area (Å²) in [5, 5.41) is 13.9.